The molecule has 0 saturated carbocycles. The van der Waals surface area contributed by atoms with Gasteiger partial charge in [-0.2, -0.15) is 0 Å². The molecular formula is C12H11N3OS. The Morgan fingerprint density at radius 3 is 3.00 bits per heavy atom. The molecule has 0 radical (unpaired) electrons. The molecule has 1 aromatic carbocycles. The van der Waals surface area contributed by atoms with Gasteiger partial charge >= 0.3 is 0 Å². The number of H-pyrrole nitrogens is 1. The number of ketones is 1. The van der Waals surface area contributed by atoms with Crippen molar-refractivity contribution in [1.29, 1.82) is 0 Å². The summed E-state index contributed by atoms with van der Waals surface area (Å²) < 4.78 is 0. The number of carbonyl (C=O) groups is 1. The molecule has 1 aromatic heterocycles. The topological polar surface area (TPSA) is 71.2 Å². The fourth-order valence-electron chi connectivity index (χ4n) is 1.94. The van der Waals surface area contributed by atoms with Gasteiger partial charge in [-0.3, -0.25) is 9.79 Å². The minimum atomic E-state index is 0.0101. The Morgan fingerprint density at radius 2 is 2.18 bits per heavy atom. The van der Waals surface area contributed by atoms with Gasteiger partial charge < -0.3 is 10.7 Å². The number of thioether (sulfide) groups is 1. The quantitative estimate of drug-likeness (QED) is 0.847. The van der Waals surface area contributed by atoms with E-state index in [0.29, 0.717) is 18.1 Å². The normalized spacial score (nSPS) is 17.0. The van der Waals surface area contributed by atoms with Gasteiger partial charge in [0.05, 0.1) is 17.1 Å². The zero-order chi connectivity index (χ0) is 11.8. The molecule has 0 bridgehead atoms. The van der Waals surface area contributed by atoms with Crippen molar-refractivity contribution in [3.63, 3.8) is 0 Å². The first-order valence-electron chi connectivity index (χ1n) is 5.39. The number of fused-ring (bicyclic) bond motifs is 3. The number of rotatable bonds is 2. The van der Waals surface area contributed by atoms with E-state index in [1.54, 1.807) is 0 Å². The van der Waals surface area contributed by atoms with Crippen LogP contribution in [0.3, 0.4) is 0 Å². The third-order valence-electron chi connectivity index (χ3n) is 2.68. The molecular weight excluding hydrogens is 234 g/mol. The van der Waals surface area contributed by atoms with Gasteiger partial charge in [-0.05, 0) is 17.8 Å². The van der Waals surface area contributed by atoms with Gasteiger partial charge in [-0.25, -0.2) is 0 Å². The second kappa shape index (κ2) is 4.01. The third kappa shape index (κ3) is 1.59. The fraction of sp³-hybridized carbons (Fsp3) is 0.167. The number of Topliss-reactive ketones (excluding diaryl/α,β-unsaturated/α-hetero) is 1. The summed E-state index contributed by atoms with van der Waals surface area (Å²) in [5, 5.41) is 2.41. The minimum Gasteiger partial charge on any atom is -0.349 e. The zero-order valence-corrected chi connectivity index (χ0v) is 9.88. The molecule has 17 heavy (non-hydrogen) atoms. The van der Waals surface area contributed by atoms with Crippen molar-refractivity contribution in [2.45, 2.75) is 5.03 Å². The van der Waals surface area contributed by atoms with Crippen LogP contribution in [-0.4, -0.2) is 28.9 Å². The summed E-state index contributed by atoms with van der Waals surface area (Å²) in [7, 11) is 0. The van der Waals surface area contributed by atoms with Gasteiger partial charge in [0.25, 0.3) is 0 Å². The number of hydrogen-bond donors (Lipinski definition) is 2. The Hall–Kier alpha value is -1.59. The molecule has 0 fully saturated rings. The first-order chi connectivity index (χ1) is 8.31. The molecule has 0 atom stereocenters. The van der Waals surface area contributed by atoms with Gasteiger partial charge in [0.2, 0.25) is 5.78 Å². The maximum absolute atomic E-state index is 12.2. The highest BCUT2D eigenvalue weighted by atomic mass is 32.2. The first-order valence-corrected chi connectivity index (χ1v) is 6.20. The van der Waals surface area contributed by atoms with E-state index in [2.05, 4.69) is 9.98 Å². The van der Waals surface area contributed by atoms with Crippen molar-refractivity contribution < 1.29 is 4.79 Å². The number of aromatic amines is 1. The lowest BCUT2D eigenvalue weighted by molar-refractivity contribution is 0.107. The van der Waals surface area contributed by atoms with Crippen LogP contribution in [0, 0.1) is 0 Å². The van der Waals surface area contributed by atoms with Gasteiger partial charge in [0, 0.05) is 17.4 Å². The highest BCUT2D eigenvalue weighted by molar-refractivity contribution is 8.16. The second-order valence-electron chi connectivity index (χ2n) is 3.78. The van der Waals surface area contributed by atoms with Crippen molar-refractivity contribution in [3.05, 3.63) is 29.8 Å². The summed E-state index contributed by atoms with van der Waals surface area (Å²) in [6.07, 6.45) is 0. The van der Waals surface area contributed by atoms with Crippen LogP contribution < -0.4 is 5.73 Å². The lowest BCUT2D eigenvalue weighted by atomic mass is 10.1. The number of nitrogens with one attached hydrogen (secondary N) is 1. The van der Waals surface area contributed by atoms with E-state index in [0.717, 1.165) is 21.5 Å². The summed E-state index contributed by atoms with van der Waals surface area (Å²) in [6, 6.07) is 7.81. The monoisotopic (exact) mass is 245 g/mol. The summed E-state index contributed by atoms with van der Waals surface area (Å²) in [4.78, 5) is 19.6. The number of aromatic nitrogens is 1. The van der Waals surface area contributed by atoms with Crippen LogP contribution in [0.5, 0.6) is 0 Å². The van der Waals surface area contributed by atoms with Crippen LogP contribution in [0.1, 0.15) is 10.4 Å². The molecule has 3 N–H and O–H groups in total. The number of hydrogen-bond acceptors (Lipinski definition) is 4. The van der Waals surface area contributed by atoms with Crippen LogP contribution in [0.2, 0.25) is 0 Å². The van der Waals surface area contributed by atoms with E-state index >= 15 is 0 Å². The number of aliphatic imine (C=N–C) groups is 1. The van der Waals surface area contributed by atoms with Gasteiger partial charge in [0.15, 0.2) is 0 Å². The highest BCUT2D eigenvalue weighted by Gasteiger charge is 2.31. The molecule has 3 rings (SSSR count). The lowest BCUT2D eigenvalue weighted by Crippen LogP contribution is -2.09. The van der Waals surface area contributed by atoms with Crippen molar-refractivity contribution in [1.82, 2.24) is 4.98 Å². The number of para-hydroxylation sites is 1. The standard InChI is InChI=1S/C12H11N3OS/c13-5-6-14-12-10(16)9-7-3-1-2-4-8(7)15-11(9)17-12/h1-4,15H,5-6,13H2. The smallest absolute Gasteiger partial charge is 0.221 e. The summed E-state index contributed by atoms with van der Waals surface area (Å²) >= 11 is 1.40. The third-order valence-corrected chi connectivity index (χ3v) is 3.69. The van der Waals surface area contributed by atoms with Crippen molar-refractivity contribution in [2.24, 2.45) is 10.7 Å². The average Bonchev–Trinajstić information content (AvgIpc) is 2.84. The highest BCUT2D eigenvalue weighted by Crippen LogP contribution is 2.37. The Kier molecular flexibility index (Phi) is 2.49. The Morgan fingerprint density at radius 1 is 1.35 bits per heavy atom. The van der Waals surface area contributed by atoms with Crippen LogP contribution in [-0.2, 0) is 0 Å². The molecule has 5 heteroatoms. The second-order valence-corrected chi connectivity index (χ2v) is 4.78. The number of nitrogens with two attached hydrogens (primary N) is 1. The SMILES string of the molecule is NCCN=C1Sc2[nH]c3ccccc3c2C1=O. The van der Waals surface area contributed by atoms with E-state index in [1.165, 1.54) is 11.8 Å². The average molecular weight is 245 g/mol. The van der Waals surface area contributed by atoms with Crippen LogP contribution in [0.4, 0.5) is 0 Å². The molecule has 1 aliphatic rings. The van der Waals surface area contributed by atoms with Gasteiger partial charge in [-0.1, -0.05) is 18.2 Å². The van der Waals surface area contributed by atoms with E-state index in [9.17, 15) is 4.79 Å². The summed E-state index contributed by atoms with van der Waals surface area (Å²) in [5.41, 5.74) is 7.14. The first kappa shape index (κ1) is 10.6. The molecule has 0 unspecified atom stereocenters. The summed E-state index contributed by atoms with van der Waals surface area (Å²) in [6.45, 7) is 0.961. The molecule has 2 aromatic rings. The number of nitrogens with zero attached hydrogens (tertiary/aromatic N) is 1. The van der Waals surface area contributed by atoms with Gasteiger partial charge in [-0.15, -0.1) is 0 Å². The Bertz CT molecular complexity index is 630. The molecule has 0 spiro atoms. The molecule has 0 aliphatic carbocycles. The maximum atomic E-state index is 12.2. The number of benzene rings is 1. The van der Waals surface area contributed by atoms with Crippen LogP contribution >= 0.6 is 11.8 Å². The molecule has 86 valence electrons. The lowest BCUT2D eigenvalue weighted by Gasteiger charge is -1.95. The number of carbonyl (C=O) groups excluding carboxylic acids is 1. The molecule has 1 aliphatic heterocycles. The maximum Gasteiger partial charge on any atom is 0.221 e. The van der Waals surface area contributed by atoms with Crippen LogP contribution in [0.15, 0.2) is 34.3 Å². The fourth-order valence-corrected chi connectivity index (χ4v) is 2.95. The Labute approximate surface area is 102 Å². The van der Waals surface area contributed by atoms with Crippen molar-refractivity contribution in [3.8, 4) is 0 Å². The summed E-state index contributed by atoms with van der Waals surface area (Å²) in [5.74, 6) is 0.0101. The van der Waals surface area contributed by atoms with E-state index < -0.39 is 0 Å². The van der Waals surface area contributed by atoms with E-state index in [-0.39, 0.29) is 5.78 Å². The Balaban J connectivity index is 2.10. The van der Waals surface area contributed by atoms with Gasteiger partial charge in [0.1, 0.15) is 5.04 Å². The van der Waals surface area contributed by atoms with Crippen molar-refractivity contribution in [2.75, 3.05) is 13.1 Å². The molecule has 0 saturated heterocycles. The predicted molar refractivity (Wildman–Crippen MR) is 69.8 cm³/mol. The van der Waals surface area contributed by atoms with E-state index in [1.807, 2.05) is 24.3 Å². The van der Waals surface area contributed by atoms with Crippen molar-refractivity contribution >= 4 is 33.5 Å². The van der Waals surface area contributed by atoms with E-state index in [4.69, 9.17) is 5.73 Å². The zero-order valence-electron chi connectivity index (χ0n) is 9.06. The largest absolute Gasteiger partial charge is 0.349 e. The molecule has 2 heterocycles. The molecule has 4 nitrogen and oxygen atoms in total. The van der Waals surface area contributed by atoms with Crippen LogP contribution in [0.25, 0.3) is 10.9 Å². The predicted octanol–water partition coefficient (Wildman–Crippen LogP) is 1.81. The minimum absolute atomic E-state index is 0.0101. The molecule has 0 amide bonds.